The first-order valence-corrected chi connectivity index (χ1v) is 10.6. The molecule has 0 radical (unpaired) electrons. The van der Waals surface area contributed by atoms with Gasteiger partial charge in [0.05, 0.1) is 25.4 Å². The number of benzene rings is 1. The lowest BCUT2D eigenvalue weighted by Crippen LogP contribution is -2.51. The molecule has 1 heterocycles. The summed E-state index contributed by atoms with van der Waals surface area (Å²) in [5.41, 5.74) is 0.914. The van der Waals surface area contributed by atoms with Crippen LogP contribution >= 0.6 is 24.0 Å². The number of halogens is 2. The molecule has 2 atom stereocenters. The zero-order chi connectivity index (χ0) is 19.2. The lowest BCUT2D eigenvalue weighted by molar-refractivity contribution is -0.0605. The number of guanidine groups is 1. The zero-order valence-electron chi connectivity index (χ0n) is 15.8. The molecule has 1 saturated heterocycles. The minimum absolute atomic E-state index is 0. The van der Waals surface area contributed by atoms with E-state index in [0.717, 1.165) is 11.8 Å². The minimum atomic E-state index is -3.22. The largest absolute Gasteiger partial charge is 0.367 e. The molecule has 0 amide bonds. The predicted octanol–water partition coefficient (Wildman–Crippen LogP) is 1.72. The van der Waals surface area contributed by atoms with E-state index in [0.29, 0.717) is 32.1 Å². The van der Waals surface area contributed by atoms with Gasteiger partial charge >= 0.3 is 0 Å². The normalized spacial score (nSPS) is 20.9. The molecule has 2 unspecified atom stereocenters. The quantitative estimate of drug-likeness (QED) is 0.262. The highest BCUT2D eigenvalue weighted by atomic mass is 127. The van der Waals surface area contributed by atoms with Crippen LogP contribution in [-0.4, -0.2) is 64.4 Å². The fourth-order valence-corrected chi connectivity index (χ4v) is 3.27. The Balaban J connectivity index is 0.00000364. The van der Waals surface area contributed by atoms with Gasteiger partial charge in [0.2, 0.25) is 10.0 Å². The highest BCUT2D eigenvalue weighted by molar-refractivity contribution is 14.0. The monoisotopic (exact) mass is 514 g/mol. The first-order chi connectivity index (χ1) is 12.3. The SMILES string of the molecule is CCNC(=NCCNS(C)(=O)=O)N1CC(C)OC(c2ccc(F)cc2)C1.I. The van der Waals surface area contributed by atoms with Gasteiger partial charge in [-0.3, -0.25) is 4.99 Å². The van der Waals surface area contributed by atoms with Crippen molar-refractivity contribution in [3.05, 3.63) is 35.6 Å². The molecule has 1 aliphatic heterocycles. The topological polar surface area (TPSA) is 83.0 Å². The maximum Gasteiger partial charge on any atom is 0.208 e. The third-order valence-corrected chi connectivity index (χ3v) is 4.60. The molecule has 7 nitrogen and oxygen atoms in total. The number of ether oxygens (including phenoxy) is 1. The van der Waals surface area contributed by atoms with Crippen molar-refractivity contribution in [3.63, 3.8) is 0 Å². The fourth-order valence-electron chi connectivity index (χ4n) is 2.80. The van der Waals surface area contributed by atoms with Crippen LogP contribution < -0.4 is 10.0 Å². The van der Waals surface area contributed by atoms with Crippen molar-refractivity contribution in [1.29, 1.82) is 0 Å². The summed E-state index contributed by atoms with van der Waals surface area (Å²) in [7, 11) is -3.22. The molecule has 154 valence electrons. The van der Waals surface area contributed by atoms with E-state index in [1.165, 1.54) is 12.1 Å². The van der Waals surface area contributed by atoms with Crippen molar-refractivity contribution in [1.82, 2.24) is 14.9 Å². The van der Waals surface area contributed by atoms with Crippen molar-refractivity contribution < 1.29 is 17.5 Å². The molecule has 1 aromatic carbocycles. The maximum absolute atomic E-state index is 13.2. The van der Waals surface area contributed by atoms with Crippen LogP contribution in [0.2, 0.25) is 0 Å². The van der Waals surface area contributed by atoms with Crippen LogP contribution in [0.1, 0.15) is 25.5 Å². The molecule has 2 rings (SSSR count). The Bertz CT molecular complexity index is 715. The number of aliphatic imine (C=N–C) groups is 1. The van der Waals surface area contributed by atoms with Crippen LogP contribution in [0.3, 0.4) is 0 Å². The second-order valence-electron chi connectivity index (χ2n) is 6.29. The summed E-state index contributed by atoms with van der Waals surface area (Å²) >= 11 is 0. The summed E-state index contributed by atoms with van der Waals surface area (Å²) in [5.74, 6) is 0.438. The first-order valence-electron chi connectivity index (χ1n) is 8.67. The van der Waals surface area contributed by atoms with E-state index in [9.17, 15) is 12.8 Å². The molecule has 2 N–H and O–H groups in total. The molecular weight excluding hydrogens is 486 g/mol. The van der Waals surface area contributed by atoms with E-state index in [2.05, 4.69) is 19.9 Å². The number of rotatable bonds is 6. The van der Waals surface area contributed by atoms with Crippen LogP contribution in [0, 0.1) is 5.82 Å². The summed E-state index contributed by atoms with van der Waals surface area (Å²) in [6, 6.07) is 6.32. The number of sulfonamides is 1. The maximum atomic E-state index is 13.2. The third kappa shape index (κ3) is 8.28. The van der Waals surface area contributed by atoms with Gasteiger partial charge in [0, 0.05) is 19.6 Å². The summed E-state index contributed by atoms with van der Waals surface area (Å²) < 4.78 is 43.9. The Morgan fingerprint density at radius 2 is 2.00 bits per heavy atom. The van der Waals surface area contributed by atoms with Gasteiger partial charge in [-0.05, 0) is 31.5 Å². The van der Waals surface area contributed by atoms with Gasteiger partial charge in [0.15, 0.2) is 5.96 Å². The van der Waals surface area contributed by atoms with Crippen LogP contribution in [0.15, 0.2) is 29.3 Å². The molecule has 0 aromatic heterocycles. The van der Waals surface area contributed by atoms with E-state index in [4.69, 9.17) is 4.74 Å². The van der Waals surface area contributed by atoms with Gasteiger partial charge < -0.3 is 15.0 Å². The number of hydrogen-bond donors (Lipinski definition) is 2. The van der Waals surface area contributed by atoms with Gasteiger partial charge in [0.1, 0.15) is 11.9 Å². The lowest BCUT2D eigenvalue weighted by Gasteiger charge is -2.38. The fraction of sp³-hybridized carbons (Fsp3) is 0.588. The molecule has 0 aliphatic carbocycles. The van der Waals surface area contributed by atoms with Gasteiger partial charge in [-0.15, -0.1) is 24.0 Å². The second kappa shape index (κ2) is 11.1. The van der Waals surface area contributed by atoms with E-state index in [-0.39, 0.29) is 48.5 Å². The van der Waals surface area contributed by atoms with E-state index in [1.54, 1.807) is 12.1 Å². The summed E-state index contributed by atoms with van der Waals surface area (Å²) in [6.45, 7) is 6.50. The molecule has 0 spiro atoms. The Morgan fingerprint density at radius 3 is 2.59 bits per heavy atom. The molecule has 1 aromatic rings. The van der Waals surface area contributed by atoms with Gasteiger partial charge in [0.25, 0.3) is 0 Å². The molecule has 1 aliphatic rings. The van der Waals surface area contributed by atoms with Crippen LogP contribution in [0.5, 0.6) is 0 Å². The summed E-state index contributed by atoms with van der Waals surface area (Å²) in [6.07, 6.45) is 0.924. The summed E-state index contributed by atoms with van der Waals surface area (Å²) in [5, 5.41) is 3.23. The van der Waals surface area contributed by atoms with E-state index < -0.39 is 10.0 Å². The Labute approximate surface area is 177 Å². The molecule has 10 heteroatoms. The summed E-state index contributed by atoms with van der Waals surface area (Å²) in [4.78, 5) is 6.60. The van der Waals surface area contributed by atoms with Crippen molar-refractivity contribution >= 4 is 40.0 Å². The first kappa shape index (κ1) is 24.1. The number of nitrogens with one attached hydrogen (secondary N) is 2. The van der Waals surface area contributed by atoms with Crippen molar-refractivity contribution in [2.45, 2.75) is 26.1 Å². The Morgan fingerprint density at radius 1 is 1.33 bits per heavy atom. The van der Waals surface area contributed by atoms with E-state index in [1.807, 2.05) is 13.8 Å². The molecule has 0 bridgehead atoms. The van der Waals surface area contributed by atoms with Crippen LogP contribution in [0.4, 0.5) is 4.39 Å². The molecular formula is C17H28FIN4O3S. The lowest BCUT2D eigenvalue weighted by atomic mass is 10.1. The Hall–Kier alpha value is -0.980. The Kier molecular flexibility index (Phi) is 9.91. The number of nitrogens with zero attached hydrogens (tertiary/aromatic N) is 2. The highest BCUT2D eigenvalue weighted by Gasteiger charge is 2.28. The molecule has 0 saturated carbocycles. The average Bonchev–Trinajstić information content (AvgIpc) is 2.57. The minimum Gasteiger partial charge on any atom is -0.367 e. The smallest absolute Gasteiger partial charge is 0.208 e. The van der Waals surface area contributed by atoms with Gasteiger partial charge in [-0.2, -0.15) is 0 Å². The van der Waals surface area contributed by atoms with Crippen LogP contribution in [-0.2, 0) is 14.8 Å². The predicted molar refractivity (Wildman–Crippen MR) is 116 cm³/mol. The van der Waals surface area contributed by atoms with Gasteiger partial charge in [-0.25, -0.2) is 17.5 Å². The van der Waals surface area contributed by atoms with Crippen molar-refractivity contribution in [2.75, 3.05) is 39.0 Å². The molecule has 27 heavy (non-hydrogen) atoms. The second-order valence-corrected chi connectivity index (χ2v) is 8.13. The highest BCUT2D eigenvalue weighted by Crippen LogP contribution is 2.25. The third-order valence-electron chi connectivity index (χ3n) is 3.87. The number of hydrogen-bond acceptors (Lipinski definition) is 4. The molecule has 1 fully saturated rings. The van der Waals surface area contributed by atoms with Crippen molar-refractivity contribution in [2.24, 2.45) is 4.99 Å². The van der Waals surface area contributed by atoms with Crippen molar-refractivity contribution in [3.8, 4) is 0 Å². The average molecular weight is 514 g/mol. The zero-order valence-corrected chi connectivity index (χ0v) is 19.0. The van der Waals surface area contributed by atoms with E-state index >= 15 is 0 Å². The van der Waals surface area contributed by atoms with Crippen LogP contribution in [0.25, 0.3) is 0 Å². The standard InChI is InChI=1S/C17H27FN4O3S.HI/c1-4-19-17(20-9-10-21-26(3,23)24)22-11-13(2)25-16(12-22)14-5-7-15(18)8-6-14;/h5-8,13,16,21H,4,9-12H2,1-3H3,(H,19,20);1H. The van der Waals surface area contributed by atoms with Gasteiger partial charge in [-0.1, -0.05) is 12.1 Å². The number of morpholine rings is 1.